The van der Waals surface area contributed by atoms with Crippen molar-refractivity contribution in [3.05, 3.63) is 64.7 Å². The Kier molecular flexibility index (Phi) is 5.78. The maximum absolute atomic E-state index is 11.8. The Morgan fingerprint density at radius 1 is 1.05 bits per heavy atom. The summed E-state index contributed by atoms with van der Waals surface area (Å²) in [7, 11) is 0. The largest absolute Gasteiger partial charge is 0.324 e. The number of para-hydroxylation sites is 1. The van der Waals surface area contributed by atoms with Crippen LogP contribution in [0.5, 0.6) is 0 Å². The number of anilines is 1. The molecule has 3 nitrogen and oxygen atoms in total. The van der Waals surface area contributed by atoms with Crippen LogP contribution in [-0.4, -0.2) is 12.5 Å². The molecular formula is C17H19ClN2O. The van der Waals surface area contributed by atoms with Crippen LogP contribution in [-0.2, 0) is 17.8 Å². The summed E-state index contributed by atoms with van der Waals surface area (Å²) in [5.74, 6) is -0.103. The molecule has 2 rings (SSSR count). The van der Waals surface area contributed by atoms with Crippen molar-refractivity contribution in [1.82, 2.24) is 5.32 Å². The van der Waals surface area contributed by atoms with Crippen LogP contribution < -0.4 is 10.6 Å². The van der Waals surface area contributed by atoms with E-state index in [1.54, 1.807) is 12.1 Å². The van der Waals surface area contributed by atoms with E-state index in [9.17, 15) is 4.79 Å². The summed E-state index contributed by atoms with van der Waals surface area (Å²) < 4.78 is 0. The van der Waals surface area contributed by atoms with Crippen molar-refractivity contribution in [2.45, 2.75) is 19.9 Å². The number of hydrogen-bond donors (Lipinski definition) is 2. The zero-order chi connectivity index (χ0) is 15.1. The van der Waals surface area contributed by atoms with Crippen molar-refractivity contribution in [3.63, 3.8) is 0 Å². The number of benzene rings is 2. The second kappa shape index (κ2) is 7.81. The van der Waals surface area contributed by atoms with E-state index in [1.807, 2.05) is 12.1 Å². The first-order chi connectivity index (χ1) is 10.2. The molecule has 4 heteroatoms. The Labute approximate surface area is 130 Å². The second-order valence-electron chi connectivity index (χ2n) is 4.80. The van der Waals surface area contributed by atoms with Gasteiger partial charge in [0.2, 0.25) is 5.91 Å². The summed E-state index contributed by atoms with van der Waals surface area (Å²) in [5, 5.41) is 6.45. The Morgan fingerprint density at radius 2 is 1.71 bits per heavy atom. The molecular weight excluding hydrogens is 284 g/mol. The van der Waals surface area contributed by atoms with Crippen LogP contribution in [0.3, 0.4) is 0 Å². The van der Waals surface area contributed by atoms with Gasteiger partial charge in [-0.1, -0.05) is 54.9 Å². The van der Waals surface area contributed by atoms with Gasteiger partial charge in [0.05, 0.1) is 17.3 Å². The average molecular weight is 303 g/mol. The number of hydrogen-bond acceptors (Lipinski definition) is 2. The van der Waals surface area contributed by atoms with Crippen LogP contribution >= 0.6 is 11.6 Å². The molecule has 21 heavy (non-hydrogen) atoms. The molecule has 0 saturated heterocycles. The molecule has 0 aliphatic carbocycles. The Morgan fingerprint density at radius 3 is 2.38 bits per heavy atom. The molecule has 1 amide bonds. The summed E-state index contributed by atoms with van der Waals surface area (Å²) in [6.45, 7) is 3.05. The molecule has 0 saturated carbocycles. The van der Waals surface area contributed by atoms with E-state index in [-0.39, 0.29) is 12.5 Å². The zero-order valence-electron chi connectivity index (χ0n) is 12.0. The van der Waals surface area contributed by atoms with Gasteiger partial charge in [-0.3, -0.25) is 4.79 Å². The van der Waals surface area contributed by atoms with Crippen molar-refractivity contribution >= 4 is 23.2 Å². The molecule has 110 valence electrons. The maximum atomic E-state index is 11.8. The Balaban J connectivity index is 1.77. The van der Waals surface area contributed by atoms with Crippen LogP contribution in [0.15, 0.2) is 48.5 Å². The van der Waals surface area contributed by atoms with E-state index < -0.39 is 0 Å². The molecule has 0 aliphatic heterocycles. The molecule has 2 aromatic carbocycles. The quantitative estimate of drug-likeness (QED) is 0.855. The number of aryl methyl sites for hydroxylation is 1. The molecule has 0 unspecified atom stereocenters. The van der Waals surface area contributed by atoms with E-state index in [0.717, 1.165) is 12.0 Å². The molecule has 2 aromatic rings. The van der Waals surface area contributed by atoms with E-state index in [1.165, 1.54) is 5.56 Å². The fourth-order valence-corrected chi connectivity index (χ4v) is 2.15. The third-order valence-corrected chi connectivity index (χ3v) is 3.52. The molecule has 0 aromatic heterocycles. The molecule has 0 radical (unpaired) electrons. The monoisotopic (exact) mass is 302 g/mol. The standard InChI is InChI=1S/C17H19ClN2O/c1-2-13-7-9-14(10-8-13)11-19-12-17(21)20-16-6-4-3-5-15(16)18/h3-10,19H,2,11-12H2,1H3,(H,20,21). The first-order valence-electron chi connectivity index (χ1n) is 7.02. The smallest absolute Gasteiger partial charge is 0.238 e. The topological polar surface area (TPSA) is 41.1 Å². The van der Waals surface area contributed by atoms with Gasteiger partial charge in [0.1, 0.15) is 0 Å². The van der Waals surface area contributed by atoms with Gasteiger partial charge in [-0.15, -0.1) is 0 Å². The predicted octanol–water partition coefficient (Wildman–Crippen LogP) is 3.63. The number of halogens is 1. The summed E-state index contributed by atoms with van der Waals surface area (Å²) in [5.41, 5.74) is 3.12. The van der Waals surface area contributed by atoms with Crippen molar-refractivity contribution in [3.8, 4) is 0 Å². The Hall–Kier alpha value is -1.84. The molecule has 0 fully saturated rings. The van der Waals surface area contributed by atoms with Gasteiger partial charge in [-0.25, -0.2) is 0 Å². The fourth-order valence-electron chi connectivity index (χ4n) is 1.97. The van der Waals surface area contributed by atoms with Gasteiger partial charge < -0.3 is 10.6 Å². The summed E-state index contributed by atoms with van der Waals surface area (Å²) in [6, 6.07) is 15.6. The van der Waals surface area contributed by atoms with Crippen molar-refractivity contribution < 1.29 is 4.79 Å². The van der Waals surface area contributed by atoms with E-state index in [4.69, 9.17) is 11.6 Å². The van der Waals surface area contributed by atoms with E-state index >= 15 is 0 Å². The highest BCUT2D eigenvalue weighted by molar-refractivity contribution is 6.33. The van der Waals surface area contributed by atoms with E-state index in [2.05, 4.69) is 41.8 Å². The van der Waals surface area contributed by atoms with Crippen LogP contribution in [0, 0.1) is 0 Å². The zero-order valence-corrected chi connectivity index (χ0v) is 12.8. The minimum atomic E-state index is -0.103. The van der Waals surface area contributed by atoms with Gasteiger partial charge in [0, 0.05) is 6.54 Å². The van der Waals surface area contributed by atoms with Crippen molar-refractivity contribution in [2.75, 3.05) is 11.9 Å². The lowest BCUT2D eigenvalue weighted by molar-refractivity contribution is -0.115. The van der Waals surface area contributed by atoms with Crippen LogP contribution in [0.2, 0.25) is 5.02 Å². The van der Waals surface area contributed by atoms with Gasteiger partial charge in [0.15, 0.2) is 0 Å². The molecule has 2 N–H and O–H groups in total. The Bertz CT molecular complexity index is 596. The van der Waals surface area contributed by atoms with Gasteiger partial charge in [-0.05, 0) is 29.7 Å². The number of amides is 1. The van der Waals surface area contributed by atoms with Gasteiger partial charge >= 0.3 is 0 Å². The first-order valence-corrected chi connectivity index (χ1v) is 7.39. The molecule has 0 heterocycles. The third kappa shape index (κ3) is 4.88. The fraction of sp³-hybridized carbons (Fsp3) is 0.235. The number of nitrogens with one attached hydrogen (secondary N) is 2. The lowest BCUT2D eigenvalue weighted by Gasteiger charge is -2.08. The average Bonchev–Trinajstić information content (AvgIpc) is 2.50. The van der Waals surface area contributed by atoms with Gasteiger partial charge in [0.25, 0.3) is 0 Å². The normalized spacial score (nSPS) is 10.4. The molecule has 0 bridgehead atoms. The third-order valence-electron chi connectivity index (χ3n) is 3.19. The maximum Gasteiger partial charge on any atom is 0.238 e. The van der Waals surface area contributed by atoms with E-state index in [0.29, 0.717) is 17.3 Å². The highest BCUT2D eigenvalue weighted by Crippen LogP contribution is 2.19. The predicted molar refractivity (Wildman–Crippen MR) is 87.6 cm³/mol. The minimum Gasteiger partial charge on any atom is -0.324 e. The lowest BCUT2D eigenvalue weighted by Crippen LogP contribution is -2.27. The lowest BCUT2D eigenvalue weighted by atomic mass is 10.1. The van der Waals surface area contributed by atoms with Crippen LogP contribution in [0.1, 0.15) is 18.1 Å². The molecule has 0 atom stereocenters. The minimum absolute atomic E-state index is 0.103. The number of carbonyl (C=O) groups excluding carboxylic acids is 1. The highest BCUT2D eigenvalue weighted by atomic mass is 35.5. The first kappa shape index (κ1) is 15.5. The highest BCUT2D eigenvalue weighted by Gasteiger charge is 2.04. The second-order valence-corrected chi connectivity index (χ2v) is 5.21. The van der Waals surface area contributed by atoms with Crippen LogP contribution in [0.25, 0.3) is 0 Å². The molecule has 0 aliphatic rings. The number of carbonyl (C=O) groups is 1. The van der Waals surface area contributed by atoms with Crippen molar-refractivity contribution in [1.29, 1.82) is 0 Å². The molecule has 0 spiro atoms. The van der Waals surface area contributed by atoms with Gasteiger partial charge in [-0.2, -0.15) is 0 Å². The SMILES string of the molecule is CCc1ccc(CNCC(=O)Nc2ccccc2Cl)cc1. The van der Waals surface area contributed by atoms with Crippen molar-refractivity contribution in [2.24, 2.45) is 0 Å². The summed E-state index contributed by atoms with van der Waals surface area (Å²) in [6.07, 6.45) is 1.04. The summed E-state index contributed by atoms with van der Waals surface area (Å²) in [4.78, 5) is 11.8. The van der Waals surface area contributed by atoms with Crippen LogP contribution in [0.4, 0.5) is 5.69 Å². The number of rotatable bonds is 6. The summed E-state index contributed by atoms with van der Waals surface area (Å²) >= 11 is 5.99.